The van der Waals surface area contributed by atoms with E-state index in [4.69, 9.17) is 0 Å². The van der Waals surface area contributed by atoms with Crippen molar-refractivity contribution >= 4 is 11.4 Å². The topological polar surface area (TPSA) is 46.4 Å². The molecule has 3 rings (SSSR count). The van der Waals surface area contributed by atoms with E-state index in [1.54, 1.807) is 12.1 Å². The van der Waals surface area contributed by atoms with Gasteiger partial charge in [0.25, 0.3) is 5.69 Å². The molecule has 1 aromatic carbocycles. The molecule has 1 atom stereocenters. The molecule has 0 N–H and O–H groups in total. The largest absolute Gasteiger partial charge is 0.368 e. The zero-order valence-electron chi connectivity index (χ0n) is 9.06. The highest BCUT2D eigenvalue weighted by molar-refractivity contribution is 5.63. The third-order valence-electron chi connectivity index (χ3n) is 3.67. The lowest BCUT2D eigenvalue weighted by molar-refractivity contribution is -0.384. The summed E-state index contributed by atoms with van der Waals surface area (Å²) in [4.78, 5) is 12.8. The Morgan fingerprint density at radius 2 is 2.25 bits per heavy atom. The van der Waals surface area contributed by atoms with E-state index in [9.17, 15) is 10.1 Å². The minimum Gasteiger partial charge on any atom is -0.368 e. The van der Waals surface area contributed by atoms with Crippen LogP contribution in [-0.4, -0.2) is 17.5 Å². The zero-order valence-corrected chi connectivity index (χ0v) is 9.06. The first-order valence-corrected chi connectivity index (χ1v) is 5.79. The van der Waals surface area contributed by atoms with Gasteiger partial charge in [-0.25, -0.2) is 0 Å². The molecule has 1 fully saturated rings. The molecule has 0 spiro atoms. The van der Waals surface area contributed by atoms with Crippen molar-refractivity contribution in [2.75, 3.05) is 11.4 Å². The fourth-order valence-electron chi connectivity index (χ4n) is 2.91. The Hall–Kier alpha value is -1.58. The molecule has 1 saturated heterocycles. The van der Waals surface area contributed by atoms with Gasteiger partial charge in [0.15, 0.2) is 0 Å². The van der Waals surface area contributed by atoms with Gasteiger partial charge in [-0.15, -0.1) is 0 Å². The summed E-state index contributed by atoms with van der Waals surface area (Å²) in [5, 5.41) is 10.7. The van der Waals surface area contributed by atoms with Crippen molar-refractivity contribution in [3.63, 3.8) is 0 Å². The predicted molar refractivity (Wildman–Crippen MR) is 61.8 cm³/mol. The Kier molecular flexibility index (Phi) is 2.09. The van der Waals surface area contributed by atoms with Crippen LogP contribution in [0.25, 0.3) is 0 Å². The number of piperidine rings is 1. The van der Waals surface area contributed by atoms with Gasteiger partial charge in [0.1, 0.15) is 0 Å². The smallest absolute Gasteiger partial charge is 0.269 e. The summed E-state index contributed by atoms with van der Waals surface area (Å²) in [5.74, 6) is 0. The molecule has 84 valence electrons. The maximum absolute atomic E-state index is 10.7. The lowest BCUT2D eigenvalue weighted by Crippen LogP contribution is -2.36. The second-order valence-electron chi connectivity index (χ2n) is 4.62. The average Bonchev–Trinajstić information content (AvgIpc) is 2.66. The second-order valence-corrected chi connectivity index (χ2v) is 4.62. The van der Waals surface area contributed by atoms with Crippen LogP contribution >= 0.6 is 0 Å². The number of benzene rings is 1. The van der Waals surface area contributed by atoms with E-state index in [1.165, 1.54) is 24.9 Å². The normalized spacial score (nSPS) is 22.8. The molecule has 4 nitrogen and oxygen atoms in total. The van der Waals surface area contributed by atoms with Gasteiger partial charge in [-0.2, -0.15) is 0 Å². The number of fused-ring (bicyclic) bond motifs is 3. The third-order valence-corrected chi connectivity index (χ3v) is 3.67. The first-order chi connectivity index (χ1) is 7.75. The molecule has 16 heavy (non-hydrogen) atoms. The summed E-state index contributed by atoms with van der Waals surface area (Å²) in [5.41, 5.74) is 2.59. The quantitative estimate of drug-likeness (QED) is 0.537. The first kappa shape index (κ1) is 9.63. The van der Waals surface area contributed by atoms with Crippen LogP contribution in [0.5, 0.6) is 0 Å². The van der Waals surface area contributed by atoms with Crippen LogP contribution in [0, 0.1) is 10.1 Å². The Morgan fingerprint density at radius 1 is 1.38 bits per heavy atom. The van der Waals surface area contributed by atoms with Gasteiger partial charge in [-0.1, -0.05) is 0 Å². The van der Waals surface area contributed by atoms with Crippen molar-refractivity contribution in [3.8, 4) is 0 Å². The van der Waals surface area contributed by atoms with E-state index in [1.807, 2.05) is 6.07 Å². The number of rotatable bonds is 1. The lowest BCUT2D eigenvalue weighted by atomic mass is 10.0. The summed E-state index contributed by atoms with van der Waals surface area (Å²) >= 11 is 0. The number of nitrogens with zero attached hydrogens (tertiary/aromatic N) is 2. The van der Waals surface area contributed by atoms with Crippen molar-refractivity contribution in [1.82, 2.24) is 0 Å². The monoisotopic (exact) mass is 218 g/mol. The van der Waals surface area contributed by atoms with Gasteiger partial charge in [-0.3, -0.25) is 10.1 Å². The van der Waals surface area contributed by atoms with Gasteiger partial charge in [0, 0.05) is 30.4 Å². The molecule has 0 bridgehead atoms. The van der Waals surface area contributed by atoms with Crippen molar-refractivity contribution in [2.45, 2.75) is 31.7 Å². The minimum absolute atomic E-state index is 0.221. The summed E-state index contributed by atoms with van der Waals surface area (Å²) in [6.45, 7) is 1.11. The molecular formula is C12H14N2O2. The van der Waals surface area contributed by atoms with Gasteiger partial charge in [0.2, 0.25) is 0 Å². The van der Waals surface area contributed by atoms with E-state index < -0.39 is 0 Å². The molecule has 0 aliphatic carbocycles. The lowest BCUT2D eigenvalue weighted by Gasteiger charge is -2.31. The van der Waals surface area contributed by atoms with Gasteiger partial charge in [-0.05, 0) is 37.3 Å². The summed E-state index contributed by atoms with van der Waals surface area (Å²) in [7, 11) is 0. The number of non-ortho nitro benzene ring substituents is 1. The highest BCUT2D eigenvalue weighted by Gasteiger charge is 2.31. The van der Waals surface area contributed by atoms with Crippen molar-refractivity contribution in [2.24, 2.45) is 0 Å². The Labute approximate surface area is 94.0 Å². The molecule has 0 amide bonds. The summed E-state index contributed by atoms with van der Waals surface area (Å²) < 4.78 is 0. The van der Waals surface area contributed by atoms with E-state index in [-0.39, 0.29) is 10.6 Å². The zero-order chi connectivity index (χ0) is 11.1. The molecule has 4 heteroatoms. The summed E-state index contributed by atoms with van der Waals surface area (Å²) in [6, 6.07) is 5.87. The maximum Gasteiger partial charge on any atom is 0.269 e. The molecule has 0 unspecified atom stereocenters. The van der Waals surface area contributed by atoms with Crippen molar-refractivity contribution in [3.05, 3.63) is 33.9 Å². The molecule has 2 aliphatic rings. The fourth-order valence-corrected chi connectivity index (χ4v) is 2.91. The second kappa shape index (κ2) is 3.47. The summed E-state index contributed by atoms with van der Waals surface area (Å²) in [6.07, 6.45) is 4.74. The van der Waals surface area contributed by atoms with E-state index in [2.05, 4.69) is 4.90 Å². The fraction of sp³-hybridized carbons (Fsp3) is 0.500. The number of hydrogen-bond donors (Lipinski definition) is 0. The number of anilines is 1. The minimum atomic E-state index is -0.308. The van der Waals surface area contributed by atoms with Crippen LogP contribution < -0.4 is 4.90 Å². The Balaban J connectivity index is 1.98. The van der Waals surface area contributed by atoms with E-state index >= 15 is 0 Å². The highest BCUT2D eigenvalue weighted by atomic mass is 16.6. The molecule has 2 aliphatic heterocycles. The van der Waals surface area contributed by atoms with Gasteiger partial charge < -0.3 is 4.90 Å². The molecule has 2 heterocycles. The van der Waals surface area contributed by atoms with Crippen molar-refractivity contribution < 1.29 is 4.92 Å². The van der Waals surface area contributed by atoms with Gasteiger partial charge >= 0.3 is 0 Å². The molecule has 0 saturated carbocycles. The average molecular weight is 218 g/mol. The van der Waals surface area contributed by atoms with Crippen LogP contribution in [0.15, 0.2) is 18.2 Å². The van der Waals surface area contributed by atoms with Crippen LogP contribution in [-0.2, 0) is 6.42 Å². The molecule has 1 aromatic rings. The van der Waals surface area contributed by atoms with Crippen LogP contribution in [0.1, 0.15) is 24.8 Å². The molecular weight excluding hydrogens is 204 g/mol. The van der Waals surface area contributed by atoms with Gasteiger partial charge in [0.05, 0.1) is 4.92 Å². The Morgan fingerprint density at radius 3 is 3.06 bits per heavy atom. The Bertz CT molecular complexity index is 445. The van der Waals surface area contributed by atoms with E-state index in [0.717, 1.165) is 18.5 Å². The standard InChI is InChI=1S/C12H14N2O2/c15-14(16)11-4-5-12-9(8-11)7-10-3-1-2-6-13(10)12/h4-5,8,10H,1-3,6-7H2/t10-/m0/s1. The van der Waals surface area contributed by atoms with Crippen LogP contribution in [0.3, 0.4) is 0 Å². The predicted octanol–water partition coefficient (Wildman–Crippen LogP) is 2.51. The number of hydrogen-bond acceptors (Lipinski definition) is 3. The van der Waals surface area contributed by atoms with Crippen molar-refractivity contribution in [1.29, 1.82) is 0 Å². The third kappa shape index (κ3) is 1.37. The van der Waals surface area contributed by atoms with E-state index in [0.29, 0.717) is 6.04 Å². The molecule has 0 aromatic heterocycles. The number of nitro benzene ring substituents is 1. The SMILES string of the molecule is O=[N+]([O-])c1ccc2c(c1)C[C@@H]1CCCCN21. The molecule has 0 radical (unpaired) electrons. The van der Waals surface area contributed by atoms with Crippen LogP contribution in [0.4, 0.5) is 11.4 Å². The maximum atomic E-state index is 10.7. The first-order valence-electron chi connectivity index (χ1n) is 5.79. The highest BCUT2D eigenvalue weighted by Crippen LogP contribution is 2.38. The van der Waals surface area contributed by atoms with Crippen LogP contribution in [0.2, 0.25) is 0 Å². The number of nitro groups is 1.